The maximum absolute atomic E-state index is 12.0. The Morgan fingerprint density at radius 1 is 1.53 bits per heavy atom. The summed E-state index contributed by atoms with van der Waals surface area (Å²) < 4.78 is 5.40. The first-order valence-corrected chi connectivity index (χ1v) is 6.73. The highest BCUT2D eigenvalue weighted by Crippen LogP contribution is 2.22. The van der Waals surface area contributed by atoms with Crippen LogP contribution in [-0.2, 0) is 17.7 Å². The molecular formula is C12H18N2O2S. The predicted octanol–water partition coefficient (Wildman–Crippen LogP) is 2.83. The van der Waals surface area contributed by atoms with Gasteiger partial charge in [0.1, 0.15) is 5.60 Å². The summed E-state index contributed by atoms with van der Waals surface area (Å²) in [5.41, 5.74) is 2.56. The normalized spacial score (nSPS) is 16.3. The van der Waals surface area contributed by atoms with Crippen LogP contribution in [0.5, 0.6) is 0 Å². The third kappa shape index (κ3) is 3.19. The van der Waals surface area contributed by atoms with E-state index in [1.165, 1.54) is 4.88 Å². The molecule has 0 saturated heterocycles. The van der Waals surface area contributed by atoms with Crippen molar-refractivity contribution in [1.82, 2.24) is 9.88 Å². The number of amides is 1. The molecular weight excluding hydrogens is 236 g/mol. The topological polar surface area (TPSA) is 42.4 Å². The number of rotatable bonds is 0. The number of hydrogen-bond donors (Lipinski definition) is 0. The number of hydrogen-bond acceptors (Lipinski definition) is 4. The number of nitrogens with zero attached hydrogens (tertiary/aromatic N) is 2. The molecule has 0 aliphatic carbocycles. The molecule has 0 spiro atoms. The third-order valence-electron chi connectivity index (χ3n) is 2.55. The zero-order valence-electron chi connectivity index (χ0n) is 10.5. The number of carbonyl (C=O) groups excluding carboxylic acids is 1. The summed E-state index contributed by atoms with van der Waals surface area (Å²) in [7, 11) is 0. The van der Waals surface area contributed by atoms with Crippen LogP contribution < -0.4 is 0 Å². The smallest absolute Gasteiger partial charge is 0.410 e. The standard InChI is InChI=1S/C12H18N2O2S/c1-12(2,3)16-11(15)14-6-4-5-9-10(7-14)17-8-13-9/h8H,4-7H2,1-3H3. The second-order valence-electron chi connectivity index (χ2n) is 5.23. The van der Waals surface area contributed by atoms with Crippen LogP contribution in [-0.4, -0.2) is 28.1 Å². The Bertz CT molecular complexity index is 409. The number of thiazole rings is 1. The Kier molecular flexibility index (Phi) is 3.38. The fourth-order valence-electron chi connectivity index (χ4n) is 1.80. The Morgan fingerprint density at radius 2 is 2.29 bits per heavy atom. The van der Waals surface area contributed by atoms with E-state index in [0.29, 0.717) is 6.54 Å². The number of fused-ring (bicyclic) bond motifs is 1. The van der Waals surface area contributed by atoms with Gasteiger partial charge in [-0.05, 0) is 33.6 Å². The lowest BCUT2D eigenvalue weighted by atomic mass is 10.2. The van der Waals surface area contributed by atoms with Crippen molar-refractivity contribution in [3.05, 3.63) is 16.1 Å². The molecule has 4 nitrogen and oxygen atoms in total. The van der Waals surface area contributed by atoms with E-state index >= 15 is 0 Å². The molecule has 0 aromatic carbocycles. The second kappa shape index (κ2) is 4.64. The minimum absolute atomic E-state index is 0.223. The quantitative estimate of drug-likeness (QED) is 0.715. The van der Waals surface area contributed by atoms with Gasteiger partial charge in [0.15, 0.2) is 0 Å². The average molecular weight is 254 g/mol. The molecule has 0 saturated carbocycles. The lowest BCUT2D eigenvalue weighted by molar-refractivity contribution is 0.0238. The van der Waals surface area contributed by atoms with Crippen LogP contribution in [0.4, 0.5) is 4.79 Å². The molecule has 0 fully saturated rings. The Hall–Kier alpha value is -1.10. The van der Waals surface area contributed by atoms with Gasteiger partial charge in [-0.25, -0.2) is 9.78 Å². The van der Waals surface area contributed by atoms with Crippen molar-refractivity contribution in [3.8, 4) is 0 Å². The first-order valence-electron chi connectivity index (χ1n) is 5.85. The summed E-state index contributed by atoms with van der Waals surface area (Å²) in [4.78, 5) is 19.3. The molecule has 1 aromatic rings. The SMILES string of the molecule is CC(C)(C)OC(=O)N1CCCc2ncsc2C1. The minimum atomic E-state index is -0.431. The number of carbonyl (C=O) groups is 1. The highest BCUT2D eigenvalue weighted by molar-refractivity contribution is 7.09. The minimum Gasteiger partial charge on any atom is -0.444 e. The zero-order chi connectivity index (χ0) is 12.5. The van der Waals surface area contributed by atoms with Crippen LogP contribution in [0.2, 0.25) is 0 Å². The highest BCUT2D eigenvalue weighted by Gasteiger charge is 2.25. The zero-order valence-corrected chi connectivity index (χ0v) is 11.3. The lowest BCUT2D eigenvalue weighted by Gasteiger charge is -2.26. The molecule has 1 aliphatic heterocycles. The van der Waals surface area contributed by atoms with Gasteiger partial charge >= 0.3 is 6.09 Å². The number of aryl methyl sites for hydroxylation is 1. The molecule has 5 heteroatoms. The lowest BCUT2D eigenvalue weighted by Crippen LogP contribution is -2.36. The molecule has 0 bridgehead atoms. The maximum Gasteiger partial charge on any atom is 0.410 e. The van der Waals surface area contributed by atoms with Crippen molar-refractivity contribution in [3.63, 3.8) is 0 Å². The van der Waals surface area contributed by atoms with Crippen molar-refractivity contribution >= 4 is 17.4 Å². The molecule has 0 unspecified atom stereocenters. The van der Waals surface area contributed by atoms with Gasteiger partial charge in [0.25, 0.3) is 0 Å². The van der Waals surface area contributed by atoms with Gasteiger partial charge in [0, 0.05) is 11.4 Å². The monoisotopic (exact) mass is 254 g/mol. The van der Waals surface area contributed by atoms with E-state index in [9.17, 15) is 4.79 Å². The Morgan fingerprint density at radius 3 is 3.00 bits per heavy atom. The summed E-state index contributed by atoms with van der Waals surface area (Å²) in [6, 6.07) is 0. The fourth-order valence-corrected chi connectivity index (χ4v) is 2.63. The maximum atomic E-state index is 12.0. The van der Waals surface area contributed by atoms with Gasteiger partial charge in [-0.3, -0.25) is 0 Å². The second-order valence-corrected chi connectivity index (χ2v) is 6.17. The van der Waals surface area contributed by atoms with Crippen molar-refractivity contribution in [2.24, 2.45) is 0 Å². The van der Waals surface area contributed by atoms with Gasteiger partial charge in [0.05, 0.1) is 17.7 Å². The fraction of sp³-hybridized carbons (Fsp3) is 0.667. The first-order chi connectivity index (χ1) is 7.96. The van der Waals surface area contributed by atoms with Crippen molar-refractivity contribution in [2.75, 3.05) is 6.54 Å². The van der Waals surface area contributed by atoms with Gasteiger partial charge < -0.3 is 9.64 Å². The molecule has 2 heterocycles. The molecule has 1 aliphatic rings. The molecule has 17 heavy (non-hydrogen) atoms. The summed E-state index contributed by atoms with van der Waals surface area (Å²) in [5, 5.41) is 0. The first kappa shape index (κ1) is 12.4. The van der Waals surface area contributed by atoms with Crippen LogP contribution in [0.25, 0.3) is 0 Å². The molecule has 0 radical (unpaired) electrons. The van der Waals surface area contributed by atoms with E-state index in [1.54, 1.807) is 16.2 Å². The van der Waals surface area contributed by atoms with Gasteiger partial charge in [-0.2, -0.15) is 0 Å². The van der Waals surface area contributed by atoms with Crippen LogP contribution in [0.15, 0.2) is 5.51 Å². The Labute approximate surface area is 106 Å². The molecule has 2 rings (SSSR count). The molecule has 1 aromatic heterocycles. The van der Waals surface area contributed by atoms with Gasteiger partial charge in [-0.1, -0.05) is 0 Å². The Balaban J connectivity index is 2.06. The highest BCUT2D eigenvalue weighted by atomic mass is 32.1. The van der Waals surface area contributed by atoms with Crippen molar-refractivity contribution in [2.45, 2.75) is 45.8 Å². The van der Waals surface area contributed by atoms with Crippen LogP contribution in [0, 0.1) is 0 Å². The van der Waals surface area contributed by atoms with Crippen LogP contribution in [0.3, 0.4) is 0 Å². The van der Waals surface area contributed by atoms with E-state index in [4.69, 9.17) is 4.74 Å². The summed E-state index contributed by atoms with van der Waals surface area (Å²) in [6.45, 7) is 7.05. The van der Waals surface area contributed by atoms with E-state index in [2.05, 4.69) is 4.98 Å². The van der Waals surface area contributed by atoms with E-state index in [0.717, 1.165) is 25.1 Å². The summed E-state index contributed by atoms with van der Waals surface area (Å²) in [6.07, 6.45) is 1.69. The van der Waals surface area contributed by atoms with E-state index in [1.807, 2.05) is 26.3 Å². The summed E-state index contributed by atoms with van der Waals surface area (Å²) >= 11 is 1.62. The molecule has 0 N–H and O–H groups in total. The predicted molar refractivity (Wildman–Crippen MR) is 67.1 cm³/mol. The van der Waals surface area contributed by atoms with E-state index in [-0.39, 0.29) is 6.09 Å². The third-order valence-corrected chi connectivity index (χ3v) is 3.41. The van der Waals surface area contributed by atoms with Gasteiger partial charge in [-0.15, -0.1) is 11.3 Å². The number of ether oxygens (including phenoxy) is 1. The average Bonchev–Trinajstić information content (AvgIpc) is 2.53. The van der Waals surface area contributed by atoms with E-state index < -0.39 is 5.60 Å². The largest absolute Gasteiger partial charge is 0.444 e. The van der Waals surface area contributed by atoms with Gasteiger partial charge in [0.2, 0.25) is 0 Å². The van der Waals surface area contributed by atoms with Crippen molar-refractivity contribution in [1.29, 1.82) is 0 Å². The van der Waals surface area contributed by atoms with Crippen LogP contribution in [0.1, 0.15) is 37.8 Å². The molecule has 94 valence electrons. The molecule has 1 amide bonds. The number of aromatic nitrogens is 1. The summed E-state index contributed by atoms with van der Waals surface area (Å²) in [5.74, 6) is 0. The van der Waals surface area contributed by atoms with Crippen LogP contribution >= 0.6 is 11.3 Å². The van der Waals surface area contributed by atoms with Crippen molar-refractivity contribution < 1.29 is 9.53 Å². The molecule has 0 atom stereocenters.